The minimum atomic E-state index is 0.196. The van der Waals surface area contributed by atoms with E-state index < -0.39 is 0 Å². The van der Waals surface area contributed by atoms with E-state index in [1.807, 2.05) is 0 Å². The highest BCUT2D eigenvalue weighted by atomic mass is 16.2. The number of nitrogens with one attached hydrogen (secondary N) is 2. The lowest BCUT2D eigenvalue weighted by molar-refractivity contribution is -0.122. The molecule has 4 nitrogen and oxygen atoms in total. The zero-order valence-corrected chi connectivity index (χ0v) is 30.2. The van der Waals surface area contributed by atoms with Crippen molar-refractivity contribution in [1.29, 1.82) is 0 Å². The Kier molecular flexibility index (Phi) is 35.1. The van der Waals surface area contributed by atoms with E-state index in [2.05, 4.69) is 43.6 Å². The minimum Gasteiger partial charge on any atom is -0.356 e. The van der Waals surface area contributed by atoms with Gasteiger partial charge in [0.15, 0.2) is 0 Å². The normalized spacial score (nSPS) is 12.2. The lowest BCUT2D eigenvalue weighted by Crippen LogP contribution is -2.32. The first-order chi connectivity index (χ1) is 21.6. The van der Waals surface area contributed by atoms with Gasteiger partial charge in [-0.25, -0.2) is 0 Å². The molecule has 0 spiro atoms. The summed E-state index contributed by atoms with van der Waals surface area (Å²) in [5.41, 5.74) is 0. The maximum Gasteiger partial charge on any atom is 0.220 e. The van der Waals surface area contributed by atoms with Crippen molar-refractivity contribution in [1.82, 2.24) is 10.6 Å². The van der Waals surface area contributed by atoms with Gasteiger partial charge >= 0.3 is 0 Å². The second-order valence-electron chi connectivity index (χ2n) is 13.6. The third-order valence-corrected chi connectivity index (χ3v) is 8.97. The first-order valence-corrected chi connectivity index (χ1v) is 19.8. The van der Waals surface area contributed by atoms with Crippen molar-refractivity contribution in [3.63, 3.8) is 0 Å². The van der Waals surface area contributed by atoms with Crippen LogP contribution in [0.2, 0.25) is 0 Å². The molecule has 0 aromatic heterocycles. The van der Waals surface area contributed by atoms with Crippen molar-refractivity contribution in [2.24, 2.45) is 0 Å². The molecular formula is C40H78N2O2. The molecule has 0 aliphatic heterocycles. The number of unbranched alkanes of at least 4 members (excludes halogenated alkanes) is 24. The standard InChI is InChI=1S/C40H78N2O2/c1-4-6-8-10-12-14-16-18-19-21-22-24-26-28-30-35-39(43)41-37-33-32-34-38(3)42-40(44)36-31-29-27-25-23-20-17-15-13-11-9-7-5-2/h18-19,38H,4-17,20-37H2,1-3H3,(H,41,43)(H,42,44)/b19-18-/t38-/m1/s1. The molecule has 0 rings (SSSR count). The van der Waals surface area contributed by atoms with Crippen LogP contribution >= 0.6 is 0 Å². The molecule has 0 heterocycles. The molecule has 0 radical (unpaired) electrons. The molecule has 2 amide bonds. The third kappa shape index (κ3) is 35.2. The molecule has 4 heteroatoms. The molecule has 0 aliphatic rings. The van der Waals surface area contributed by atoms with Crippen LogP contribution in [0.5, 0.6) is 0 Å². The van der Waals surface area contributed by atoms with Gasteiger partial charge in [0.05, 0.1) is 0 Å². The van der Waals surface area contributed by atoms with Gasteiger partial charge in [-0.3, -0.25) is 9.59 Å². The maximum absolute atomic E-state index is 12.2. The van der Waals surface area contributed by atoms with Crippen LogP contribution in [0, 0.1) is 0 Å². The first-order valence-electron chi connectivity index (χ1n) is 19.8. The van der Waals surface area contributed by atoms with Gasteiger partial charge in [-0.05, 0) is 64.7 Å². The second-order valence-corrected chi connectivity index (χ2v) is 13.6. The predicted molar refractivity (Wildman–Crippen MR) is 194 cm³/mol. The third-order valence-electron chi connectivity index (χ3n) is 8.97. The molecule has 0 saturated carbocycles. The van der Waals surface area contributed by atoms with E-state index >= 15 is 0 Å². The average molecular weight is 619 g/mol. The summed E-state index contributed by atoms with van der Waals surface area (Å²) in [6.45, 7) is 7.41. The van der Waals surface area contributed by atoms with Crippen molar-refractivity contribution in [2.45, 2.75) is 226 Å². The van der Waals surface area contributed by atoms with Gasteiger partial charge < -0.3 is 10.6 Å². The molecule has 44 heavy (non-hydrogen) atoms. The van der Waals surface area contributed by atoms with Gasteiger partial charge in [0, 0.05) is 25.4 Å². The van der Waals surface area contributed by atoms with Crippen molar-refractivity contribution in [3.05, 3.63) is 12.2 Å². The van der Waals surface area contributed by atoms with Crippen LogP contribution in [0.3, 0.4) is 0 Å². The maximum atomic E-state index is 12.2. The average Bonchev–Trinajstić information content (AvgIpc) is 3.01. The molecule has 0 aromatic carbocycles. The van der Waals surface area contributed by atoms with E-state index in [0.29, 0.717) is 12.8 Å². The number of hydrogen-bond donors (Lipinski definition) is 2. The fourth-order valence-electron chi connectivity index (χ4n) is 5.97. The molecule has 260 valence electrons. The summed E-state index contributed by atoms with van der Waals surface area (Å²) < 4.78 is 0. The number of amides is 2. The quantitative estimate of drug-likeness (QED) is 0.0548. The van der Waals surface area contributed by atoms with Gasteiger partial charge in [0.25, 0.3) is 0 Å². The summed E-state index contributed by atoms with van der Waals surface area (Å²) in [7, 11) is 0. The fourth-order valence-corrected chi connectivity index (χ4v) is 5.97. The van der Waals surface area contributed by atoms with Gasteiger partial charge in [-0.1, -0.05) is 154 Å². The van der Waals surface area contributed by atoms with Crippen LogP contribution < -0.4 is 10.6 Å². The zero-order valence-electron chi connectivity index (χ0n) is 30.2. The molecule has 1 atom stereocenters. The number of rotatable bonds is 35. The summed E-state index contributed by atoms with van der Waals surface area (Å²) in [5.74, 6) is 0.399. The molecule has 0 aromatic rings. The molecule has 0 unspecified atom stereocenters. The molecule has 0 saturated heterocycles. The number of carbonyl (C=O) groups is 2. The highest BCUT2D eigenvalue weighted by molar-refractivity contribution is 5.76. The number of hydrogen-bond acceptors (Lipinski definition) is 2. The highest BCUT2D eigenvalue weighted by Gasteiger charge is 2.07. The number of allylic oxidation sites excluding steroid dienone is 2. The minimum absolute atomic E-state index is 0.196. The summed E-state index contributed by atoms with van der Waals surface area (Å²) in [6, 6.07) is 0.219. The Bertz CT molecular complexity index is 633. The Morgan fingerprint density at radius 3 is 1.32 bits per heavy atom. The van der Waals surface area contributed by atoms with Crippen molar-refractivity contribution >= 4 is 11.8 Å². The fraction of sp³-hybridized carbons (Fsp3) is 0.900. The van der Waals surface area contributed by atoms with E-state index in [4.69, 9.17) is 0 Å². The van der Waals surface area contributed by atoms with Crippen LogP contribution in [0.15, 0.2) is 12.2 Å². The topological polar surface area (TPSA) is 58.2 Å². The SMILES string of the molecule is CCCCCCCC/C=C\CCCCCCCC(=O)NCCCC[C@@H](C)NC(=O)CCCCCCCCCCCCCCC. The van der Waals surface area contributed by atoms with Gasteiger partial charge in [-0.15, -0.1) is 0 Å². The first kappa shape index (κ1) is 42.7. The number of carbonyl (C=O) groups excluding carboxylic acids is 2. The van der Waals surface area contributed by atoms with E-state index in [9.17, 15) is 9.59 Å². The summed E-state index contributed by atoms with van der Waals surface area (Å²) >= 11 is 0. The largest absolute Gasteiger partial charge is 0.356 e. The van der Waals surface area contributed by atoms with Crippen molar-refractivity contribution in [3.8, 4) is 0 Å². The summed E-state index contributed by atoms with van der Waals surface area (Å²) in [6.07, 6.45) is 43.0. The molecule has 2 N–H and O–H groups in total. The van der Waals surface area contributed by atoms with E-state index in [1.54, 1.807) is 0 Å². The smallest absolute Gasteiger partial charge is 0.220 e. The lowest BCUT2D eigenvalue weighted by Gasteiger charge is -2.14. The second kappa shape index (κ2) is 36.2. The van der Waals surface area contributed by atoms with Crippen LogP contribution in [-0.4, -0.2) is 24.4 Å². The van der Waals surface area contributed by atoms with Crippen LogP contribution in [-0.2, 0) is 9.59 Å². The Balaban J connectivity index is 3.40. The van der Waals surface area contributed by atoms with Gasteiger partial charge in [-0.2, -0.15) is 0 Å². The Morgan fingerprint density at radius 2 is 0.864 bits per heavy atom. The van der Waals surface area contributed by atoms with Gasteiger partial charge in [0.2, 0.25) is 11.8 Å². The zero-order chi connectivity index (χ0) is 32.2. The molecule has 0 bridgehead atoms. The predicted octanol–water partition coefficient (Wildman–Crippen LogP) is 12.3. The van der Waals surface area contributed by atoms with Crippen molar-refractivity contribution in [2.75, 3.05) is 6.54 Å². The monoisotopic (exact) mass is 619 g/mol. The highest BCUT2D eigenvalue weighted by Crippen LogP contribution is 2.13. The van der Waals surface area contributed by atoms with Crippen LogP contribution in [0.4, 0.5) is 0 Å². The Morgan fingerprint density at radius 1 is 0.477 bits per heavy atom. The molecule has 0 fully saturated rings. The van der Waals surface area contributed by atoms with E-state index in [1.165, 1.54) is 148 Å². The van der Waals surface area contributed by atoms with Crippen LogP contribution in [0.25, 0.3) is 0 Å². The van der Waals surface area contributed by atoms with E-state index in [0.717, 1.165) is 45.1 Å². The molecular weight excluding hydrogens is 540 g/mol. The van der Waals surface area contributed by atoms with Crippen LogP contribution in [0.1, 0.15) is 220 Å². The van der Waals surface area contributed by atoms with Crippen molar-refractivity contribution < 1.29 is 9.59 Å². The van der Waals surface area contributed by atoms with E-state index in [-0.39, 0.29) is 17.9 Å². The Labute approximate surface area is 276 Å². The summed E-state index contributed by atoms with van der Waals surface area (Å²) in [5, 5.41) is 6.24. The molecule has 0 aliphatic carbocycles. The lowest BCUT2D eigenvalue weighted by atomic mass is 10.0. The summed E-state index contributed by atoms with van der Waals surface area (Å²) in [4.78, 5) is 24.4. The van der Waals surface area contributed by atoms with Gasteiger partial charge in [0.1, 0.15) is 0 Å². The Hall–Kier alpha value is -1.32.